The van der Waals surface area contributed by atoms with Crippen LogP contribution in [-0.2, 0) is 23.7 Å². The van der Waals surface area contributed by atoms with E-state index in [0.717, 1.165) is 38.5 Å². The summed E-state index contributed by atoms with van der Waals surface area (Å²) >= 11 is 0. The molecule has 14 heteroatoms. The summed E-state index contributed by atoms with van der Waals surface area (Å²) < 4.78 is 22.8. The van der Waals surface area contributed by atoms with Gasteiger partial charge in [-0.1, -0.05) is 296 Å². The maximum Gasteiger partial charge on any atom is 0.220 e. The highest BCUT2D eigenvalue weighted by Crippen LogP contribution is 2.30. The van der Waals surface area contributed by atoms with E-state index in [1.807, 2.05) is 6.08 Å². The van der Waals surface area contributed by atoms with Crippen molar-refractivity contribution in [2.24, 2.45) is 0 Å². The first kappa shape index (κ1) is 74.8. The molecule has 14 nitrogen and oxygen atoms in total. The molecule has 12 atom stereocenters. The average Bonchev–Trinajstić information content (AvgIpc) is 3.49. The zero-order chi connectivity index (χ0) is 58.1. The Kier molecular flexibility index (Phi) is 48.7. The molecule has 2 aliphatic heterocycles. The van der Waals surface area contributed by atoms with Crippen molar-refractivity contribution in [1.82, 2.24) is 5.32 Å². The molecule has 0 spiro atoms. The number of allylic oxidation sites excluding steroid dienone is 1. The molecule has 2 heterocycles. The second kappa shape index (κ2) is 52.1. The third-order valence-corrected chi connectivity index (χ3v) is 17.0. The summed E-state index contributed by atoms with van der Waals surface area (Å²) in [5.41, 5.74) is 0. The summed E-state index contributed by atoms with van der Waals surface area (Å²) in [4.78, 5) is 13.3. The van der Waals surface area contributed by atoms with Crippen molar-refractivity contribution in [3.8, 4) is 0 Å². The summed E-state index contributed by atoms with van der Waals surface area (Å²) in [6.45, 7) is 2.84. The highest BCUT2D eigenvalue weighted by atomic mass is 16.7. The predicted molar refractivity (Wildman–Crippen MR) is 323 cm³/mol. The van der Waals surface area contributed by atoms with Crippen LogP contribution >= 0.6 is 0 Å². The van der Waals surface area contributed by atoms with Gasteiger partial charge in [-0.3, -0.25) is 4.79 Å². The van der Waals surface area contributed by atoms with E-state index in [-0.39, 0.29) is 18.9 Å². The van der Waals surface area contributed by atoms with Crippen molar-refractivity contribution >= 4 is 5.91 Å². The first-order valence-corrected chi connectivity index (χ1v) is 33.9. The van der Waals surface area contributed by atoms with Crippen LogP contribution < -0.4 is 5.32 Å². The van der Waals surface area contributed by atoms with E-state index in [4.69, 9.17) is 18.9 Å². The lowest BCUT2D eigenvalue weighted by Gasteiger charge is -2.46. The highest BCUT2D eigenvalue weighted by Gasteiger charge is 2.51. The Morgan fingerprint density at radius 3 is 1.15 bits per heavy atom. The lowest BCUT2D eigenvalue weighted by atomic mass is 9.97. The third-order valence-electron chi connectivity index (χ3n) is 17.0. The first-order valence-electron chi connectivity index (χ1n) is 33.9. The van der Waals surface area contributed by atoms with Crippen LogP contribution in [0.1, 0.15) is 309 Å². The fourth-order valence-corrected chi connectivity index (χ4v) is 11.5. The Balaban J connectivity index is 1.65. The lowest BCUT2D eigenvalue weighted by molar-refractivity contribution is -0.359. The Hall–Kier alpha value is -1.27. The van der Waals surface area contributed by atoms with Crippen LogP contribution in [-0.4, -0.2) is 140 Å². The quantitative estimate of drug-likeness (QED) is 0.0204. The number of carbonyl (C=O) groups excluding carboxylic acids is 1. The monoisotopic (exact) mass is 1140 g/mol. The Morgan fingerprint density at radius 1 is 0.438 bits per heavy atom. The van der Waals surface area contributed by atoms with Crippen LogP contribution in [0.2, 0.25) is 0 Å². The Labute approximate surface area is 488 Å². The van der Waals surface area contributed by atoms with Crippen molar-refractivity contribution in [2.45, 2.75) is 383 Å². The van der Waals surface area contributed by atoms with E-state index < -0.39 is 86.8 Å². The number of ether oxygens (including phenoxy) is 4. The Bertz CT molecular complexity index is 1390. The molecule has 0 aromatic rings. The molecule has 1 amide bonds. The third kappa shape index (κ3) is 36.5. The van der Waals surface area contributed by atoms with Crippen LogP contribution in [0, 0.1) is 0 Å². The van der Waals surface area contributed by atoms with Gasteiger partial charge in [0, 0.05) is 6.42 Å². The van der Waals surface area contributed by atoms with E-state index in [1.165, 1.54) is 244 Å². The topological polar surface area (TPSA) is 228 Å². The second-order valence-corrected chi connectivity index (χ2v) is 24.3. The number of amides is 1. The molecule has 0 aliphatic carbocycles. The number of aliphatic hydroxyl groups is 8. The molecular formula is C66H127NO13. The van der Waals surface area contributed by atoms with E-state index in [0.29, 0.717) is 6.42 Å². The van der Waals surface area contributed by atoms with Gasteiger partial charge in [-0.25, -0.2) is 0 Å². The smallest absolute Gasteiger partial charge is 0.220 e. The van der Waals surface area contributed by atoms with E-state index >= 15 is 0 Å². The molecule has 0 saturated carbocycles. The van der Waals surface area contributed by atoms with Gasteiger partial charge < -0.3 is 65.1 Å². The maximum absolute atomic E-state index is 13.3. The van der Waals surface area contributed by atoms with Crippen LogP contribution in [0.4, 0.5) is 0 Å². The number of aliphatic hydroxyl groups excluding tert-OH is 8. The molecular weight excluding hydrogens is 1010 g/mol. The molecule has 0 bridgehead atoms. The van der Waals surface area contributed by atoms with Crippen molar-refractivity contribution in [2.75, 3.05) is 19.8 Å². The minimum atomic E-state index is -1.79. The summed E-state index contributed by atoms with van der Waals surface area (Å²) in [6.07, 6.45) is 45.6. The average molecular weight is 1140 g/mol. The molecule has 2 saturated heterocycles. The van der Waals surface area contributed by atoms with Gasteiger partial charge in [-0.05, 0) is 19.3 Å². The fourth-order valence-electron chi connectivity index (χ4n) is 11.5. The first-order chi connectivity index (χ1) is 39.1. The SMILES string of the molecule is CCCCCCCCCCCCCCCC/C=C/C(O)C(COC1OC(CO)C(OC2OC(CO)C(O)C(O)C2O)C(O)C1O)NC(=O)CCCCCCCCCCCCCCCCCCCCCCCCCCCCCCCC. The van der Waals surface area contributed by atoms with Crippen LogP contribution in [0.15, 0.2) is 12.2 Å². The van der Waals surface area contributed by atoms with Gasteiger partial charge in [0.05, 0.1) is 32.0 Å². The van der Waals surface area contributed by atoms with Crippen molar-refractivity contribution in [3.05, 3.63) is 12.2 Å². The molecule has 2 fully saturated rings. The molecule has 0 aromatic heterocycles. The van der Waals surface area contributed by atoms with E-state index in [9.17, 15) is 45.6 Å². The van der Waals surface area contributed by atoms with Crippen molar-refractivity contribution in [3.63, 3.8) is 0 Å². The molecule has 9 N–H and O–H groups in total. The number of unbranched alkanes of at least 4 members (excludes halogenated alkanes) is 43. The molecule has 0 aromatic carbocycles. The number of hydrogen-bond acceptors (Lipinski definition) is 13. The van der Waals surface area contributed by atoms with Crippen LogP contribution in [0.25, 0.3) is 0 Å². The number of nitrogens with one attached hydrogen (secondary N) is 1. The van der Waals surface area contributed by atoms with Crippen molar-refractivity contribution in [1.29, 1.82) is 0 Å². The second-order valence-electron chi connectivity index (χ2n) is 24.3. The van der Waals surface area contributed by atoms with Gasteiger partial charge in [-0.15, -0.1) is 0 Å². The number of hydrogen-bond donors (Lipinski definition) is 9. The largest absolute Gasteiger partial charge is 0.394 e. The van der Waals surface area contributed by atoms with Gasteiger partial charge in [0.25, 0.3) is 0 Å². The summed E-state index contributed by atoms with van der Waals surface area (Å²) in [5, 5.41) is 87.3. The fraction of sp³-hybridized carbons (Fsp3) is 0.955. The zero-order valence-electron chi connectivity index (χ0n) is 51.4. The number of rotatable bonds is 56. The van der Waals surface area contributed by atoms with Gasteiger partial charge in [-0.2, -0.15) is 0 Å². The van der Waals surface area contributed by atoms with Crippen LogP contribution in [0.3, 0.4) is 0 Å². The molecule has 12 unspecified atom stereocenters. The van der Waals surface area contributed by atoms with Gasteiger partial charge in [0.2, 0.25) is 5.91 Å². The van der Waals surface area contributed by atoms with Gasteiger partial charge in [0.1, 0.15) is 48.8 Å². The molecule has 2 aliphatic rings. The molecule has 2 rings (SSSR count). The predicted octanol–water partition coefficient (Wildman–Crippen LogP) is 13.0. The van der Waals surface area contributed by atoms with E-state index in [2.05, 4.69) is 19.2 Å². The maximum atomic E-state index is 13.3. The van der Waals surface area contributed by atoms with Crippen LogP contribution in [0.5, 0.6) is 0 Å². The molecule has 0 radical (unpaired) electrons. The Morgan fingerprint density at radius 2 is 0.775 bits per heavy atom. The molecule has 474 valence electrons. The van der Waals surface area contributed by atoms with Crippen molar-refractivity contribution < 1.29 is 64.6 Å². The summed E-state index contributed by atoms with van der Waals surface area (Å²) in [5.74, 6) is -0.232. The zero-order valence-corrected chi connectivity index (χ0v) is 51.4. The molecule has 80 heavy (non-hydrogen) atoms. The number of carbonyl (C=O) groups is 1. The lowest BCUT2D eigenvalue weighted by Crippen LogP contribution is -2.65. The highest BCUT2D eigenvalue weighted by molar-refractivity contribution is 5.76. The summed E-state index contributed by atoms with van der Waals surface area (Å²) in [6, 6.07) is -0.910. The van der Waals surface area contributed by atoms with E-state index in [1.54, 1.807) is 6.08 Å². The minimum absolute atomic E-state index is 0.232. The van der Waals surface area contributed by atoms with Gasteiger partial charge >= 0.3 is 0 Å². The van der Waals surface area contributed by atoms with Gasteiger partial charge in [0.15, 0.2) is 12.6 Å². The summed E-state index contributed by atoms with van der Waals surface area (Å²) in [7, 11) is 0. The minimum Gasteiger partial charge on any atom is -0.394 e. The normalized spacial score (nSPS) is 24.2. The standard InChI is InChI=1S/C66H127NO13/c1-3-5-7-9-11-13-15-17-19-21-22-23-24-25-26-27-28-29-30-31-32-33-34-36-38-40-42-44-46-48-50-58(71)67-54(55(70)49-47-45-43-41-39-37-35-20-18-16-14-12-10-8-6-4-2)53-77-65-63(76)61(74)64(57(52-69)79-65)80-66-62(75)60(73)59(72)56(51-68)78-66/h47,49,54-57,59-66,68-70,72-76H,3-46,48,50-53H2,1-2H3,(H,67,71)/b49-47+.